The highest BCUT2D eigenvalue weighted by Crippen LogP contribution is 2.32. The van der Waals surface area contributed by atoms with Crippen LogP contribution in [0.2, 0.25) is 0 Å². The summed E-state index contributed by atoms with van der Waals surface area (Å²) in [6.07, 6.45) is 3.31. The minimum absolute atomic E-state index is 0.0300. The Morgan fingerprint density at radius 2 is 1.00 bits per heavy atom. The lowest BCUT2D eigenvalue weighted by molar-refractivity contribution is 0.0302. The number of carbonyl (C=O) groups is 3. The molecule has 0 atom stereocenters. The Bertz CT molecular complexity index is 3050. The van der Waals surface area contributed by atoms with Crippen LogP contribution in [0.5, 0.6) is 0 Å². The van der Waals surface area contributed by atoms with Gasteiger partial charge in [0.05, 0.1) is 52.7 Å². The molecule has 70 heavy (non-hydrogen) atoms. The predicted octanol–water partition coefficient (Wildman–Crippen LogP) is 7.93. The smallest absolute Gasteiger partial charge is 0.261 e. The number of piperidine rings is 2. The number of aryl methyl sites for hydroxylation is 2. The number of nitrogens with one attached hydrogen (secondary N) is 2. The zero-order valence-electron chi connectivity index (χ0n) is 39.1. The number of amides is 3. The fourth-order valence-corrected chi connectivity index (χ4v) is 10.5. The van der Waals surface area contributed by atoms with Gasteiger partial charge in [-0.3, -0.25) is 23.8 Å². The molecule has 0 unspecified atom stereocenters. The van der Waals surface area contributed by atoms with Crippen molar-refractivity contribution in [1.29, 1.82) is 10.5 Å². The van der Waals surface area contributed by atoms with E-state index in [2.05, 4.69) is 28.2 Å². The van der Waals surface area contributed by atoms with Crippen molar-refractivity contribution in [2.45, 2.75) is 56.3 Å². The summed E-state index contributed by atoms with van der Waals surface area (Å²) < 4.78 is 60.6. The van der Waals surface area contributed by atoms with Crippen molar-refractivity contribution in [2.24, 2.45) is 0 Å². The lowest BCUT2D eigenvalue weighted by Crippen LogP contribution is -2.40. The molecular weight excluding hydrogens is 927 g/mol. The second-order valence-electron chi connectivity index (χ2n) is 17.5. The van der Waals surface area contributed by atoms with E-state index < -0.39 is 20.0 Å². The van der Waals surface area contributed by atoms with Crippen LogP contribution in [-0.4, -0.2) is 102 Å². The SMILES string of the molecule is C=CS(=O)(=O)Nc1cc(C(=O)N2CCC(c3ccc(C#N)cc3)CC2)ccc1C.Cc1ccc(C(=O)N2CCC(c3ccc(C#N)cc3)CC2)cc1NS(=O)(=O)c1cccc(C(=O)N2CCOCC2)c1. The normalized spacial score (nSPS) is 15.6. The number of likely N-dealkylation sites (tertiary alicyclic amines) is 2. The second-order valence-corrected chi connectivity index (χ2v) is 20.8. The van der Waals surface area contributed by atoms with Crippen molar-refractivity contribution in [3.8, 4) is 12.1 Å². The maximum atomic E-state index is 13.4. The maximum Gasteiger partial charge on any atom is 0.261 e. The van der Waals surface area contributed by atoms with E-state index in [1.807, 2.05) is 48.5 Å². The quantitative estimate of drug-likeness (QED) is 0.131. The minimum Gasteiger partial charge on any atom is -0.378 e. The van der Waals surface area contributed by atoms with Gasteiger partial charge in [0.15, 0.2) is 0 Å². The van der Waals surface area contributed by atoms with Gasteiger partial charge < -0.3 is 19.4 Å². The number of sulfonamides is 2. The van der Waals surface area contributed by atoms with Crippen LogP contribution in [0.1, 0.15) is 102 Å². The summed E-state index contributed by atoms with van der Waals surface area (Å²) in [5.74, 6) is 0.180. The van der Waals surface area contributed by atoms with Crippen LogP contribution in [0, 0.1) is 36.5 Å². The monoisotopic (exact) mass is 981 g/mol. The Kier molecular flexibility index (Phi) is 16.2. The number of anilines is 2. The van der Waals surface area contributed by atoms with Gasteiger partial charge in [-0.2, -0.15) is 10.5 Å². The Hall–Kier alpha value is -7.31. The van der Waals surface area contributed by atoms with E-state index in [9.17, 15) is 31.2 Å². The lowest BCUT2D eigenvalue weighted by atomic mass is 9.89. The third-order valence-electron chi connectivity index (χ3n) is 13.0. The summed E-state index contributed by atoms with van der Waals surface area (Å²) in [6.45, 7) is 11.1. The van der Waals surface area contributed by atoms with Crippen LogP contribution in [-0.2, 0) is 24.8 Å². The third kappa shape index (κ3) is 12.5. The molecule has 5 aromatic carbocycles. The fourth-order valence-electron chi connectivity index (χ4n) is 8.73. The van der Waals surface area contributed by atoms with Crippen LogP contribution >= 0.6 is 0 Å². The van der Waals surface area contributed by atoms with Crippen molar-refractivity contribution in [2.75, 3.05) is 61.9 Å². The lowest BCUT2D eigenvalue weighted by Gasteiger charge is -2.32. The number of nitriles is 2. The topological polar surface area (TPSA) is 210 Å². The van der Waals surface area contributed by atoms with Crippen LogP contribution in [0.15, 0.2) is 126 Å². The first-order valence-corrected chi connectivity index (χ1v) is 26.1. The van der Waals surface area contributed by atoms with Crippen molar-refractivity contribution in [1.82, 2.24) is 14.7 Å². The van der Waals surface area contributed by atoms with E-state index in [-0.39, 0.29) is 22.6 Å². The van der Waals surface area contributed by atoms with E-state index in [1.165, 1.54) is 23.3 Å². The molecule has 3 saturated heterocycles. The summed E-state index contributed by atoms with van der Waals surface area (Å²) in [4.78, 5) is 44.4. The molecule has 3 aliphatic heterocycles. The van der Waals surface area contributed by atoms with E-state index in [1.54, 1.807) is 77.1 Å². The van der Waals surface area contributed by atoms with Gasteiger partial charge in [-0.15, -0.1) is 0 Å². The fraction of sp³-hybridized carbons (Fsp3) is 0.302. The van der Waals surface area contributed by atoms with Crippen LogP contribution in [0.4, 0.5) is 11.4 Å². The molecule has 3 heterocycles. The average Bonchev–Trinajstić information content (AvgIpc) is 3.39. The molecule has 2 N–H and O–H groups in total. The zero-order valence-corrected chi connectivity index (χ0v) is 40.8. The number of benzene rings is 5. The Morgan fingerprint density at radius 1 is 0.586 bits per heavy atom. The van der Waals surface area contributed by atoms with Gasteiger partial charge in [0.1, 0.15) is 0 Å². The highest BCUT2D eigenvalue weighted by molar-refractivity contribution is 7.95. The standard InChI is InChI=1S/C31H32N4O5S.C22H23N3O3S/c1-22-5-8-27(31(37)34-13-11-25(12-14-34)24-9-6-23(21-32)7-10-24)20-29(22)33-41(38,39)28-4-2-3-26(19-28)30(36)35-15-17-40-18-16-35;1-3-29(27,28)24-21-14-20(7-4-16(21)2)22(26)25-12-10-19(11-13-25)18-8-5-17(15-23)6-9-18/h2-10,19-20,25,33H,11-18H2,1H3;3-9,14,19,24H,1,10-13H2,2H3. The number of carbonyl (C=O) groups excluding carboxylic acids is 3. The summed E-state index contributed by atoms with van der Waals surface area (Å²) in [5.41, 5.74) is 6.86. The number of morpholine rings is 1. The predicted molar refractivity (Wildman–Crippen MR) is 267 cm³/mol. The van der Waals surface area contributed by atoms with Gasteiger partial charge in [-0.25, -0.2) is 16.8 Å². The van der Waals surface area contributed by atoms with Crippen LogP contribution in [0.25, 0.3) is 0 Å². The summed E-state index contributed by atoms with van der Waals surface area (Å²) in [7, 11) is -7.66. The molecule has 0 bridgehead atoms. The second kappa shape index (κ2) is 22.4. The minimum atomic E-state index is -4.02. The average molecular weight is 982 g/mol. The largest absolute Gasteiger partial charge is 0.378 e. The van der Waals surface area contributed by atoms with Crippen LogP contribution < -0.4 is 9.44 Å². The third-order valence-corrected chi connectivity index (χ3v) is 15.3. The van der Waals surface area contributed by atoms with Crippen molar-refractivity contribution >= 4 is 49.1 Å². The molecule has 362 valence electrons. The van der Waals surface area contributed by atoms with Crippen molar-refractivity contribution < 1.29 is 36.0 Å². The van der Waals surface area contributed by atoms with E-state index in [0.29, 0.717) is 109 Å². The summed E-state index contributed by atoms with van der Waals surface area (Å²) >= 11 is 0. The van der Waals surface area contributed by atoms with E-state index in [4.69, 9.17) is 15.3 Å². The maximum absolute atomic E-state index is 13.4. The summed E-state index contributed by atoms with van der Waals surface area (Å²) in [5, 5.41) is 18.8. The van der Waals surface area contributed by atoms with Gasteiger partial charge in [-0.1, -0.05) is 49.0 Å². The van der Waals surface area contributed by atoms with Gasteiger partial charge in [0.2, 0.25) is 0 Å². The van der Waals surface area contributed by atoms with Crippen LogP contribution in [0.3, 0.4) is 0 Å². The number of rotatable bonds is 11. The van der Waals surface area contributed by atoms with E-state index >= 15 is 0 Å². The van der Waals surface area contributed by atoms with Crippen molar-refractivity contribution in [3.05, 3.63) is 171 Å². The molecule has 5 aromatic rings. The molecule has 8 rings (SSSR count). The molecule has 0 saturated carbocycles. The number of hydrogen-bond acceptors (Lipinski definition) is 10. The molecule has 0 radical (unpaired) electrons. The Morgan fingerprint density at radius 3 is 1.43 bits per heavy atom. The molecule has 3 amide bonds. The molecule has 15 nitrogen and oxygen atoms in total. The molecular formula is C53H55N7O8S2. The van der Waals surface area contributed by atoms with E-state index in [0.717, 1.165) is 36.7 Å². The molecule has 17 heteroatoms. The number of hydrogen-bond donors (Lipinski definition) is 2. The zero-order chi connectivity index (χ0) is 50.0. The summed E-state index contributed by atoms with van der Waals surface area (Å²) in [6, 6.07) is 35.5. The van der Waals surface area contributed by atoms with Crippen molar-refractivity contribution in [3.63, 3.8) is 0 Å². The first kappa shape index (κ1) is 50.6. The Labute approximate surface area is 410 Å². The molecule has 0 aliphatic carbocycles. The molecule has 3 aliphatic rings. The van der Waals surface area contributed by atoms with Gasteiger partial charge >= 0.3 is 0 Å². The highest BCUT2D eigenvalue weighted by Gasteiger charge is 2.28. The number of ether oxygens (including phenoxy) is 1. The van der Waals surface area contributed by atoms with Gasteiger partial charge in [0, 0.05) is 61.4 Å². The first-order valence-electron chi connectivity index (χ1n) is 23.0. The Balaban J connectivity index is 0.000000219. The molecule has 3 fully saturated rings. The molecule has 0 aromatic heterocycles. The van der Waals surface area contributed by atoms with Gasteiger partial charge in [-0.05, 0) is 140 Å². The first-order chi connectivity index (χ1) is 33.6. The highest BCUT2D eigenvalue weighted by atomic mass is 32.2. The number of nitrogens with zero attached hydrogens (tertiary/aromatic N) is 5. The van der Waals surface area contributed by atoms with Gasteiger partial charge in [0.25, 0.3) is 37.8 Å². The molecule has 0 spiro atoms.